The van der Waals surface area contributed by atoms with Crippen LogP contribution in [0.3, 0.4) is 0 Å². The van der Waals surface area contributed by atoms with Crippen molar-refractivity contribution in [1.82, 2.24) is 24.6 Å². The van der Waals surface area contributed by atoms with Gasteiger partial charge in [-0.25, -0.2) is 13.1 Å². The number of nitrogens with zero attached hydrogens (tertiary/aromatic N) is 4. The summed E-state index contributed by atoms with van der Waals surface area (Å²) in [6.45, 7) is 4.71. The van der Waals surface area contributed by atoms with Crippen molar-refractivity contribution in [2.75, 3.05) is 12.3 Å². The van der Waals surface area contributed by atoms with Crippen molar-refractivity contribution in [2.45, 2.75) is 39.9 Å². The van der Waals surface area contributed by atoms with Gasteiger partial charge in [0, 0.05) is 20.0 Å². The normalized spacial score (nSPS) is 16.5. The number of fused-ring (bicyclic) bond motifs is 1. The zero-order chi connectivity index (χ0) is 14.8. The van der Waals surface area contributed by atoms with Gasteiger partial charge in [0.25, 0.3) is 0 Å². The lowest BCUT2D eigenvalue weighted by Gasteiger charge is -2.18. The fraction of sp³-hybridized carbons (Fsp3) is 0.727. The average Bonchev–Trinajstić information content (AvgIpc) is 2.64. The van der Waals surface area contributed by atoms with Crippen LogP contribution in [-0.4, -0.2) is 45.9 Å². The van der Waals surface area contributed by atoms with Crippen LogP contribution in [0.4, 0.5) is 0 Å². The molecule has 1 aromatic rings. The van der Waals surface area contributed by atoms with Crippen LogP contribution in [0.1, 0.15) is 31.7 Å². The van der Waals surface area contributed by atoms with Crippen LogP contribution >= 0.6 is 0 Å². The largest absolute Gasteiger partial charge is 0.351 e. The molecule has 1 aliphatic heterocycles. The molecule has 9 heteroatoms. The maximum absolute atomic E-state index is 12.0. The van der Waals surface area contributed by atoms with Crippen LogP contribution in [-0.2, 0) is 34.5 Å². The Morgan fingerprint density at radius 2 is 2.15 bits per heavy atom. The van der Waals surface area contributed by atoms with Gasteiger partial charge in [-0.1, -0.05) is 5.21 Å². The third kappa shape index (κ3) is 3.15. The summed E-state index contributed by atoms with van der Waals surface area (Å²) in [5, 5.41) is 10.7. The highest BCUT2D eigenvalue weighted by Gasteiger charge is 2.26. The Labute approximate surface area is 118 Å². The monoisotopic (exact) mass is 301 g/mol. The summed E-state index contributed by atoms with van der Waals surface area (Å²) in [6.07, 6.45) is 0.704. The molecule has 20 heavy (non-hydrogen) atoms. The average molecular weight is 301 g/mol. The fourth-order valence-corrected chi connectivity index (χ4v) is 3.22. The minimum Gasteiger partial charge on any atom is -0.351 e. The van der Waals surface area contributed by atoms with Crippen LogP contribution in [0.5, 0.6) is 0 Å². The fourth-order valence-electron chi connectivity index (χ4n) is 2.13. The SMILES string of the molecule is CCS(=O)(=O)N1CCCn2nnc(CNC(C)=O)c2C1. The molecule has 0 spiro atoms. The minimum absolute atomic E-state index is 0.0790. The van der Waals surface area contributed by atoms with E-state index >= 15 is 0 Å². The molecule has 0 atom stereocenters. The summed E-state index contributed by atoms with van der Waals surface area (Å²) in [6, 6.07) is 0. The van der Waals surface area contributed by atoms with Crippen LogP contribution in [0, 0.1) is 0 Å². The Bertz CT molecular complexity index is 595. The summed E-state index contributed by atoms with van der Waals surface area (Å²) in [7, 11) is -3.24. The number of aryl methyl sites for hydroxylation is 1. The smallest absolute Gasteiger partial charge is 0.217 e. The highest BCUT2D eigenvalue weighted by atomic mass is 32.2. The first-order chi connectivity index (χ1) is 9.44. The molecule has 1 aliphatic rings. The van der Waals surface area contributed by atoms with E-state index in [-0.39, 0.29) is 24.7 Å². The first-order valence-corrected chi connectivity index (χ1v) is 8.18. The standard InChI is InChI=1S/C11H19N5O3S/c1-3-20(18,19)15-5-4-6-16-11(8-15)10(13-14-16)7-12-9(2)17/h3-8H2,1-2H3,(H,12,17). The number of rotatable bonds is 4. The molecule has 0 aliphatic carbocycles. The van der Waals surface area contributed by atoms with Gasteiger partial charge in [0.2, 0.25) is 15.9 Å². The van der Waals surface area contributed by atoms with Crippen molar-refractivity contribution in [2.24, 2.45) is 0 Å². The molecular weight excluding hydrogens is 282 g/mol. The summed E-state index contributed by atoms with van der Waals surface area (Å²) < 4.78 is 27.2. The number of hydrogen-bond acceptors (Lipinski definition) is 5. The second-order valence-electron chi connectivity index (χ2n) is 4.70. The maximum Gasteiger partial charge on any atom is 0.217 e. The van der Waals surface area contributed by atoms with E-state index < -0.39 is 10.0 Å². The minimum atomic E-state index is -3.24. The predicted molar refractivity (Wildman–Crippen MR) is 72.0 cm³/mol. The molecule has 0 fully saturated rings. The Morgan fingerprint density at radius 1 is 1.40 bits per heavy atom. The lowest BCUT2D eigenvalue weighted by Crippen LogP contribution is -2.32. The molecule has 8 nitrogen and oxygen atoms in total. The number of hydrogen-bond donors (Lipinski definition) is 1. The van der Waals surface area contributed by atoms with Crippen molar-refractivity contribution in [1.29, 1.82) is 0 Å². The second-order valence-corrected chi connectivity index (χ2v) is 6.96. The van der Waals surface area contributed by atoms with Gasteiger partial charge in [0.05, 0.1) is 24.5 Å². The van der Waals surface area contributed by atoms with E-state index in [9.17, 15) is 13.2 Å². The number of nitrogens with one attached hydrogen (secondary N) is 1. The number of aromatic nitrogens is 3. The van der Waals surface area contributed by atoms with Gasteiger partial charge in [-0.05, 0) is 13.3 Å². The zero-order valence-corrected chi connectivity index (χ0v) is 12.5. The number of carbonyl (C=O) groups is 1. The second kappa shape index (κ2) is 5.88. The van der Waals surface area contributed by atoms with Crippen molar-refractivity contribution < 1.29 is 13.2 Å². The topological polar surface area (TPSA) is 97.2 Å². The molecule has 2 rings (SSSR count). The summed E-state index contributed by atoms with van der Waals surface area (Å²) in [5.41, 5.74) is 1.38. The van der Waals surface area contributed by atoms with E-state index in [2.05, 4.69) is 15.6 Å². The van der Waals surface area contributed by atoms with E-state index in [4.69, 9.17) is 0 Å². The van der Waals surface area contributed by atoms with Crippen molar-refractivity contribution in [3.8, 4) is 0 Å². The summed E-state index contributed by atoms with van der Waals surface area (Å²) in [4.78, 5) is 11.0. The summed E-state index contributed by atoms with van der Waals surface area (Å²) in [5.74, 6) is -0.0753. The van der Waals surface area contributed by atoms with Crippen molar-refractivity contribution in [3.63, 3.8) is 0 Å². The number of carbonyl (C=O) groups excluding carboxylic acids is 1. The van der Waals surface area contributed by atoms with E-state index in [1.807, 2.05) is 0 Å². The quantitative estimate of drug-likeness (QED) is 0.806. The van der Waals surface area contributed by atoms with Gasteiger partial charge in [-0.3, -0.25) is 4.79 Å². The van der Waals surface area contributed by atoms with E-state index in [0.29, 0.717) is 25.2 Å². The highest BCUT2D eigenvalue weighted by molar-refractivity contribution is 7.89. The molecule has 0 saturated carbocycles. The molecule has 112 valence electrons. The third-order valence-corrected chi connectivity index (χ3v) is 5.11. The lowest BCUT2D eigenvalue weighted by molar-refractivity contribution is -0.119. The van der Waals surface area contributed by atoms with Gasteiger partial charge in [-0.2, -0.15) is 4.31 Å². The lowest BCUT2D eigenvalue weighted by atomic mass is 10.3. The Balaban J connectivity index is 2.24. The van der Waals surface area contributed by atoms with E-state index in [1.165, 1.54) is 11.2 Å². The number of sulfonamides is 1. The zero-order valence-electron chi connectivity index (χ0n) is 11.7. The first-order valence-electron chi connectivity index (χ1n) is 6.57. The molecule has 0 bridgehead atoms. The molecule has 1 N–H and O–H groups in total. The Morgan fingerprint density at radius 3 is 2.80 bits per heavy atom. The van der Waals surface area contributed by atoms with Crippen LogP contribution < -0.4 is 5.32 Å². The van der Waals surface area contributed by atoms with E-state index in [1.54, 1.807) is 11.6 Å². The third-order valence-electron chi connectivity index (χ3n) is 3.28. The van der Waals surface area contributed by atoms with Crippen LogP contribution in [0.2, 0.25) is 0 Å². The first kappa shape index (κ1) is 14.9. The predicted octanol–water partition coefficient (Wildman–Crippen LogP) is -0.530. The van der Waals surface area contributed by atoms with Gasteiger partial charge >= 0.3 is 0 Å². The van der Waals surface area contributed by atoms with Crippen LogP contribution in [0.25, 0.3) is 0 Å². The van der Waals surface area contributed by atoms with Gasteiger partial charge < -0.3 is 5.32 Å². The molecule has 0 saturated heterocycles. The molecule has 0 unspecified atom stereocenters. The van der Waals surface area contributed by atoms with Crippen molar-refractivity contribution >= 4 is 15.9 Å². The van der Waals surface area contributed by atoms with Gasteiger partial charge in [0.1, 0.15) is 5.69 Å². The molecule has 1 amide bonds. The van der Waals surface area contributed by atoms with E-state index in [0.717, 1.165) is 5.69 Å². The molecule has 2 heterocycles. The van der Waals surface area contributed by atoms with Gasteiger partial charge in [0.15, 0.2) is 0 Å². The molecule has 0 aromatic carbocycles. The number of amides is 1. The summed E-state index contributed by atoms with van der Waals surface area (Å²) >= 11 is 0. The van der Waals surface area contributed by atoms with Crippen LogP contribution in [0.15, 0.2) is 0 Å². The highest BCUT2D eigenvalue weighted by Crippen LogP contribution is 2.17. The molecule has 0 radical (unpaired) electrons. The Hall–Kier alpha value is -1.48. The maximum atomic E-state index is 12.0. The van der Waals surface area contributed by atoms with Gasteiger partial charge in [-0.15, -0.1) is 5.10 Å². The van der Waals surface area contributed by atoms with Crippen molar-refractivity contribution in [3.05, 3.63) is 11.4 Å². The molecule has 1 aromatic heterocycles. The molecular formula is C11H19N5O3S. The Kier molecular flexibility index (Phi) is 4.39.